The molecule has 2 rings (SSSR count). The van der Waals surface area contributed by atoms with Crippen LogP contribution in [0.4, 0.5) is 4.79 Å². The molecule has 0 aromatic carbocycles. The van der Waals surface area contributed by atoms with E-state index >= 15 is 0 Å². The third-order valence-electron chi connectivity index (χ3n) is 3.57. The molecule has 2 saturated heterocycles. The van der Waals surface area contributed by atoms with Crippen LogP contribution in [0.2, 0.25) is 0 Å². The largest absolute Gasteiger partial charge is 0.444 e. The second kappa shape index (κ2) is 6.44. The lowest BCUT2D eigenvalue weighted by Crippen LogP contribution is -2.50. The van der Waals surface area contributed by atoms with Crippen LogP contribution >= 0.6 is 11.8 Å². The summed E-state index contributed by atoms with van der Waals surface area (Å²) in [7, 11) is 0. The number of carbonyl (C=O) groups is 2. The van der Waals surface area contributed by atoms with E-state index in [0.717, 1.165) is 24.6 Å². The predicted molar refractivity (Wildman–Crippen MR) is 83.2 cm³/mol. The number of nitrogens with zero attached hydrogens (tertiary/aromatic N) is 2. The van der Waals surface area contributed by atoms with Crippen LogP contribution in [-0.4, -0.2) is 70.6 Å². The fourth-order valence-corrected chi connectivity index (χ4v) is 3.52. The van der Waals surface area contributed by atoms with Crippen LogP contribution in [-0.2, 0) is 9.53 Å². The summed E-state index contributed by atoms with van der Waals surface area (Å²) in [6.07, 6.45) is 0.0713. The van der Waals surface area contributed by atoms with Crippen molar-refractivity contribution in [2.75, 3.05) is 31.1 Å². The van der Waals surface area contributed by atoms with Crippen molar-refractivity contribution in [2.45, 2.75) is 44.9 Å². The zero-order chi connectivity index (χ0) is 15.6. The molecule has 2 aliphatic heterocycles. The number of amides is 2. The van der Waals surface area contributed by atoms with Gasteiger partial charge in [0.25, 0.3) is 0 Å². The molecule has 21 heavy (non-hydrogen) atoms. The van der Waals surface area contributed by atoms with Crippen LogP contribution in [0.5, 0.6) is 0 Å². The Kier molecular flexibility index (Phi) is 5.03. The normalized spacial score (nSPS) is 26.9. The van der Waals surface area contributed by atoms with E-state index in [9.17, 15) is 9.59 Å². The third-order valence-corrected chi connectivity index (χ3v) is 4.51. The Morgan fingerprint density at radius 1 is 1.24 bits per heavy atom. The molecule has 2 aliphatic rings. The van der Waals surface area contributed by atoms with E-state index in [1.54, 1.807) is 0 Å². The highest BCUT2D eigenvalue weighted by Crippen LogP contribution is 2.23. The maximum Gasteiger partial charge on any atom is 0.411 e. The Morgan fingerprint density at radius 3 is 2.43 bits per heavy atom. The smallest absolute Gasteiger partial charge is 0.411 e. The molecule has 6 nitrogen and oxygen atoms in total. The van der Waals surface area contributed by atoms with Crippen molar-refractivity contribution in [3.05, 3.63) is 0 Å². The molecule has 0 spiro atoms. The fourth-order valence-electron chi connectivity index (χ4n) is 2.62. The summed E-state index contributed by atoms with van der Waals surface area (Å²) in [5.74, 6) is 1.92. The van der Waals surface area contributed by atoms with E-state index in [1.807, 2.05) is 37.4 Å². The Hall–Kier alpha value is -0.950. The fraction of sp³-hybridized carbons (Fsp3) is 0.857. The van der Waals surface area contributed by atoms with Crippen molar-refractivity contribution in [1.29, 1.82) is 0 Å². The van der Waals surface area contributed by atoms with Crippen LogP contribution in [0, 0.1) is 0 Å². The van der Waals surface area contributed by atoms with Crippen molar-refractivity contribution in [3.63, 3.8) is 0 Å². The van der Waals surface area contributed by atoms with Crippen LogP contribution < -0.4 is 5.73 Å². The quantitative estimate of drug-likeness (QED) is 0.778. The second-order valence-corrected chi connectivity index (χ2v) is 7.81. The first kappa shape index (κ1) is 16.4. The van der Waals surface area contributed by atoms with Crippen LogP contribution in [0.15, 0.2) is 0 Å². The van der Waals surface area contributed by atoms with Gasteiger partial charge in [0.1, 0.15) is 11.6 Å². The van der Waals surface area contributed by atoms with Gasteiger partial charge in [0.2, 0.25) is 5.91 Å². The van der Waals surface area contributed by atoms with Gasteiger partial charge < -0.3 is 15.4 Å². The molecule has 0 bridgehead atoms. The Bertz CT molecular complexity index is 405. The Labute approximate surface area is 130 Å². The lowest BCUT2D eigenvalue weighted by Gasteiger charge is -2.33. The molecule has 0 saturated carbocycles. The zero-order valence-electron chi connectivity index (χ0n) is 13.0. The summed E-state index contributed by atoms with van der Waals surface area (Å²) >= 11 is 1.85. The van der Waals surface area contributed by atoms with Crippen molar-refractivity contribution in [1.82, 2.24) is 9.80 Å². The lowest BCUT2D eigenvalue weighted by atomic mass is 10.1. The molecule has 2 amide bonds. The highest BCUT2D eigenvalue weighted by Gasteiger charge is 2.42. The first-order chi connectivity index (χ1) is 9.78. The number of rotatable bonds is 1. The molecule has 2 fully saturated rings. The van der Waals surface area contributed by atoms with E-state index in [1.165, 1.54) is 4.90 Å². The van der Waals surface area contributed by atoms with Gasteiger partial charge in [-0.05, 0) is 27.2 Å². The minimum atomic E-state index is -0.570. The number of ether oxygens (including phenoxy) is 1. The summed E-state index contributed by atoms with van der Waals surface area (Å²) in [5, 5.41) is 0. The highest BCUT2D eigenvalue weighted by molar-refractivity contribution is 7.99. The van der Waals surface area contributed by atoms with E-state index in [-0.39, 0.29) is 11.9 Å². The zero-order valence-corrected chi connectivity index (χ0v) is 13.8. The molecule has 7 heteroatoms. The minimum absolute atomic E-state index is 0.00843. The summed E-state index contributed by atoms with van der Waals surface area (Å²) in [6, 6.07) is -0.636. The van der Waals surface area contributed by atoms with Gasteiger partial charge in [-0.3, -0.25) is 9.69 Å². The van der Waals surface area contributed by atoms with Gasteiger partial charge in [-0.25, -0.2) is 4.79 Å². The third kappa shape index (κ3) is 4.26. The van der Waals surface area contributed by atoms with Gasteiger partial charge in [0.15, 0.2) is 0 Å². The van der Waals surface area contributed by atoms with Crippen LogP contribution in [0.1, 0.15) is 27.2 Å². The molecular formula is C14H25N3O3S. The summed E-state index contributed by atoms with van der Waals surface area (Å²) < 4.78 is 5.39. The van der Waals surface area contributed by atoms with Crippen molar-refractivity contribution < 1.29 is 14.3 Å². The highest BCUT2D eigenvalue weighted by atomic mass is 32.2. The van der Waals surface area contributed by atoms with E-state index in [2.05, 4.69) is 0 Å². The van der Waals surface area contributed by atoms with E-state index < -0.39 is 17.7 Å². The number of likely N-dealkylation sites (tertiary alicyclic amines) is 1. The minimum Gasteiger partial charge on any atom is -0.444 e. The average molecular weight is 315 g/mol. The maximum absolute atomic E-state index is 12.6. The lowest BCUT2D eigenvalue weighted by molar-refractivity contribution is -0.135. The predicted octanol–water partition coefficient (Wildman–Crippen LogP) is 0.899. The number of hydrogen-bond acceptors (Lipinski definition) is 5. The number of thioether (sulfide) groups is 1. The molecule has 2 N–H and O–H groups in total. The van der Waals surface area contributed by atoms with Gasteiger partial charge in [-0.1, -0.05) is 0 Å². The molecule has 0 radical (unpaired) electrons. The Balaban J connectivity index is 2.05. The molecule has 0 aromatic rings. The molecule has 0 unspecified atom stereocenters. The molecular weight excluding hydrogens is 290 g/mol. The monoisotopic (exact) mass is 315 g/mol. The average Bonchev–Trinajstić information content (AvgIpc) is 2.79. The summed E-state index contributed by atoms with van der Waals surface area (Å²) in [4.78, 5) is 28.3. The first-order valence-electron chi connectivity index (χ1n) is 7.39. The van der Waals surface area contributed by atoms with Gasteiger partial charge >= 0.3 is 6.09 Å². The SMILES string of the molecule is CC(C)(C)OC(=O)N1C[C@@H](N)C[C@H]1C(=O)N1CCSCC1. The molecule has 2 heterocycles. The molecule has 120 valence electrons. The van der Waals surface area contributed by atoms with Gasteiger partial charge in [0, 0.05) is 37.2 Å². The van der Waals surface area contributed by atoms with Crippen molar-refractivity contribution >= 4 is 23.8 Å². The molecule has 2 atom stereocenters. The summed E-state index contributed by atoms with van der Waals surface area (Å²) in [5.41, 5.74) is 5.39. The topological polar surface area (TPSA) is 75.9 Å². The van der Waals surface area contributed by atoms with E-state index in [4.69, 9.17) is 10.5 Å². The van der Waals surface area contributed by atoms with E-state index in [0.29, 0.717) is 13.0 Å². The number of nitrogens with two attached hydrogens (primary N) is 1. The standard InChI is InChI=1S/C14H25N3O3S/c1-14(2,3)20-13(19)17-9-10(15)8-11(17)12(18)16-4-6-21-7-5-16/h10-11H,4-9,15H2,1-3H3/t10-,11-/m0/s1. The van der Waals surface area contributed by atoms with Crippen LogP contribution in [0.25, 0.3) is 0 Å². The molecule has 0 aliphatic carbocycles. The van der Waals surface area contributed by atoms with Gasteiger partial charge in [-0.15, -0.1) is 0 Å². The first-order valence-corrected chi connectivity index (χ1v) is 8.55. The van der Waals surface area contributed by atoms with Crippen molar-refractivity contribution in [2.24, 2.45) is 5.73 Å². The number of hydrogen-bond donors (Lipinski definition) is 1. The van der Waals surface area contributed by atoms with Gasteiger partial charge in [-0.2, -0.15) is 11.8 Å². The van der Waals surface area contributed by atoms with Crippen LogP contribution in [0.3, 0.4) is 0 Å². The summed E-state index contributed by atoms with van der Waals surface area (Å²) in [6.45, 7) is 7.33. The van der Waals surface area contributed by atoms with Crippen molar-refractivity contribution in [3.8, 4) is 0 Å². The number of carbonyl (C=O) groups excluding carboxylic acids is 2. The Morgan fingerprint density at radius 2 is 1.86 bits per heavy atom. The van der Waals surface area contributed by atoms with Gasteiger partial charge in [0.05, 0.1) is 0 Å². The molecule has 0 aromatic heterocycles. The maximum atomic E-state index is 12.6. The second-order valence-electron chi connectivity index (χ2n) is 6.58.